The largest absolute Gasteiger partial charge is 0.492 e. The normalized spacial score (nSPS) is 10.6. The van der Waals surface area contributed by atoms with Gasteiger partial charge in [-0.05, 0) is 70.8 Å². The van der Waals surface area contributed by atoms with Crippen LogP contribution in [-0.4, -0.2) is 23.5 Å². The van der Waals surface area contributed by atoms with Crippen molar-refractivity contribution in [1.29, 1.82) is 0 Å². The molecule has 3 aromatic rings. The lowest BCUT2D eigenvalue weighted by Gasteiger charge is -2.11. The van der Waals surface area contributed by atoms with Gasteiger partial charge < -0.3 is 15.8 Å². The molecule has 2 aromatic carbocycles. The number of ether oxygens (including phenoxy) is 1. The summed E-state index contributed by atoms with van der Waals surface area (Å²) in [6.45, 7) is 4.67. The SMILES string of the molecule is CCCCCCOc1ccc(C(=O)NC(=S)Nc2sc(Cc3ccccc3)c(C)c2C(N)=O)cc1Br. The van der Waals surface area contributed by atoms with Crippen molar-refractivity contribution in [2.45, 2.75) is 46.0 Å². The quantitative estimate of drug-likeness (QED) is 0.174. The summed E-state index contributed by atoms with van der Waals surface area (Å²) >= 11 is 10.2. The molecule has 0 aliphatic carbocycles. The van der Waals surface area contributed by atoms with Crippen molar-refractivity contribution in [3.8, 4) is 5.75 Å². The zero-order chi connectivity index (χ0) is 26.1. The fraction of sp³-hybridized carbons (Fsp3) is 0.296. The molecule has 3 rings (SSSR count). The molecule has 6 nitrogen and oxygen atoms in total. The van der Waals surface area contributed by atoms with Crippen molar-refractivity contribution in [2.75, 3.05) is 11.9 Å². The van der Waals surface area contributed by atoms with Crippen LogP contribution >= 0.6 is 39.5 Å². The van der Waals surface area contributed by atoms with Crippen LogP contribution in [-0.2, 0) is 6.42 Å². The Balaban J connectivity index is 1.64. The molecule has 0 saturated carbocycles. The number of anilines is 1. The van der Waals surface area contributed by atoms with Crippen molar-refractivity contribution >= 4 is 61.4 Å². The summed E-state index contributed by atoms with van der Waals surface area (Å²) in [5.74, 6) is -0.232. The molecule has 0 fully saturated rings. The second-order valence-corrected chi connectivity index (χ2v) is 10.7. The molecule has 0 spiro atoms. The minimum Gasteiger partial charge on any atom is -0.492 e. The maximum absolute atomic E-state index is 12.8. The highest BCUT2D eigenvalue weighted by Crippen LogP contribution is 2.34. The lowest BCUT2D eigenvalue weighted by Crippen LogP contribution is -2.34. The standard InChI is InChI=1S/C27H30BrN3O3S2/c1-3-4-5-9-14-34-21-13-12-19(16-20(21)28)25(33)30-27(35)31-26-23(24(29)32)17(2)22(36-26)15-18-10-7-6-8-11-18/h6-8,10-13,16H,3-5,9,14-15H2,1-2H3,(H2,29,32)(H2,30,31,33,35). The van der Waals surface area contributed by atoms with E-state index in [9.17, 15) is 9.59 Å². The summed E-state index contributed by atoms with van der Waals surface area (Å²) in [6.07, 6.45) is 5.16. The first-order chi connectivity index (χ1) is 17.3. The molecule has 9 heteroatoms. The van der Waals surface area contributed by atoms with E-state index >= 15 is 0 Å². The number of carbonyl (C=O) groups is 2. The van der Waals surface area contributed by atoms with Crippen molar-refractivity contribution < 1.29 is 14.3 Å². The van der Waals surface area contributed by atoms with Crippen molar-refractivity contribution in [3.05, 3.63) is 80.1 Å². The first-order valence-electron chi connectivity index (χ1n) is 11.8. The molecule has 0 aliphatic rings. The second-order valence-electron chi connectivity index (χ2n) is 8.34. The van der Waals surface area contributed by atoms with Gasteiger partial charge in [-0.3, -0.25) is 14.9 Å². The zero-order valence-electron chi connectivity index (χ0n) is 20.4. The molecule has 1 aromatic heterocycles. The van der Waals surface area contributed by atoms with Crippen LogP contribution in [0.1, 0.15) is 69.3 Å². The summed E-state index contributed by atoms with van der Waals surface area (Å²) in [7, 11) is 0. The average molecular weight is 589 g/mol. The Bertz CT molecular complexity index is 1230. The predicted octanol–water partition coefficient (Wildman–Crippen LogP) is 6.59. The first-order valence-corrected chi connectivity index (χ1v) is 13.8. The molecule has 0 radical (unpaired) electrons. The van der Waals surface area contributed by atoms with Gasteiger partial charge in [0.2, 0.25) is 0 Å². The first kappa shape index (κ1) is 27.8. The van der Waals surface area contributed by atoms with Crippen molar-refractivity contribution in [3.63, 3.8) is 0 Å². The topological polar surface area (TPSA) is 93.4 Å². The Morgan fingerprint density at radius 3 is 2.53 bits per heavy atom. The number of hydrogen-bond donors (Lipinski definition) is 3. The van der Waals surface area contributed by atoms with Gasteiger partial charge in [0.15, 0.2) is 5.11 Å². The third kappa shape index (κ3) is 7.62. The smallest absolute Gasteiger partial charge is 0.257 e. The third-order valence-electron chi connectivity index (χ3n) is 5.60. The van der Waals surface area contributed by atoms with E-state index in [1.165, 1.54) is 24.2 Å². The van der Waals surface area contributed by atoms with E-state index in [2.05, 4.69) is 33.5 Å². The Labute approximate surface area is 229 Å². The fourth-order valence-corrected chi connectivity index (χ4v) is 5.68. The molecule has 36 heavy (non-hydrogen) atoms. The third-order valence-corrected chi connectivity index (χ3v) is 7.63. The highest BCUT2D eigenvalue weighted by Gasteiger charge is 2.21. The number of nitrogens with one attached hydrogen (secondary N) is 2. The summed E-state index contributed by atoms with van der Waals surface area (Å²) < 4.78 is 6.51. The van der Waals surface area contributed by atoms with Gasteiger partial charge in [0.1, 0.15) is 10.8 Å². The Morgan fingerprint density at radius 2 is 1.86 bits per heavy atom. The van der Waals surface area contributed by atoms with E-state index < -0.39 is 5.91 Å². The van der Waals surface area contributed by atoms with Crippen LogP contribution in [0.5, 0.6) is 5.75 Å². The van der Waals surface area contributed by atoms with Crippen LogP contribution in [0.25, 0.3) is 0 Å². The Hall–Kier alpha value is -2.75. The number of benzene rings is 2. The van der Waals surface area contributed by atoms with Crippen LogP contribution < -0.4 is 21.1 Å². The summed E-state index contributed by atoms with van der Waals surface area (Å²) in [5.41, 5.74) is 8.39. The minimum atomic E-state index is -0.547. The van der Waals surface area contributed by atoms with E-state index in [1.807, 2.05) is 37.3 Å². The second kappa shape index (κ2) is 13.5. The molecular formula is C27H30BrN3O3S2. The molecule has 2 amide bonds. The van der Waals surface area contributed by atoms with E-state index in [0.29, 0.717) is 39.4 Å². The van der Waals surface area contributed by atoms with Gasteiger partial charge in [-0.25, -0.2) is 0 Å². The van der Waals surface area contributed by atoms with Crippen LogP contribution in [0.15, 0.2) is 53.0 Å². The van der Waals surface area contributed by atoms with E-state index in [0.717, 1.165) is 28.8 Å². The summed E-state index contributed by atoms with van der Waals surface area (Å²) in [6, 6.07) is 15.1. The molecular weight excluding hydrogens is 558 g/mol. The fourth-order valence-electron chi connectivity index (χ4n) is 3.67. The van der Waals surface area contributed by atoms with Gasteiger partial charge in [0.25, 0.3) is 11.8 Å². The van der Waals surface area contributed by atoms with E-state index in [1.54, 1.807) is 18.2 Å². The number of thiophene rings is 1. The van der Waals surface area contributed by atoms with E-state index in [-0.39, 0.29) is 11.0 Å². The van der Waals surface area contributed by atoms with Gasteiger partial charge in [0, 0.05) is 16.9 Å². The van der Waals surface area contributed by atoms with Crippen LogP contribution in [0.2, 0.25) is 0 Å². The lowest BCUT2D eigenvalue weighted by molar-refractivity contribution is 0.0975. The lowest BCUT2D eigenvalue weighted by atomic mass is 10.1. The number of primary amides is 1. The van der Waals surface area contributed by atoms with Crippen molar-refractivity contribution in [1.82, 2.24) is 5.32 Å². The molecule has 0 saturated heterocycles. The maximum Gasteiger partial charge on any atom is 0.257 e. The number of carbonyl (C=O) groups excluding carboxylic acids is 2. The highest BCUT2D eigenvalue weighted by molar-refractivity contribution is 9.10. The van der Waals surface area contributed by atoms with Gasteiger partial charge in [-0.1, -0.05) is 56.5 Å². The summed E-state index contributed by atoms with van der Waals surface area (Å²) in [4.78, 5) is 26.0. The number of unbranched alkanes of at least 4 members (excludes halogenated alkanes) is 3. The maximum atomic E-state index is 12.8. The molecule has 4 N–H and O–H groups in total. The Kier molecular flexibility index (Phi) is 10.5. The van der Waals surface area contributed by atoms with Gasteiger partial charge in [-0.2, -0.15) is 0 Å². The molecule has 0 atom stereocenters. The monoisotopic (exact) mass is 587 g/mol. The zero-order valence-corrected chi connectivity index (χ0v) is 23.6. The van der Waals surface area contributed by atoms with Crippen molar-refractivity contribution in [2.24, 2.45) is 5.73 Å². The van der Waals surface area contributed by atoms with Crippen LogP contribution in [0.3, 0.4) is 0 Å². The molecule has 1 heterocycles. The van der Waals surface area contributed by atoms with Gasteiger partial charge in [0.05, 0.1) is 16.6 Å². The number of halogens is 1. The van der Waals surface area contributed by atoms with E-state index in [4.69, 9.17) is 22.7 Å². The van der Waals surface area contributed by atoms with Crippen LogP contribution in [0, 0.1) is 6.92 Å². The Morgan fingerprint density at radius 1 is 1.11 bits per heavy atom. The highest BCUT2D eigenvalue weighted by atomic mass is 79.9. The minimum absolute atomic E-state index is 0.0855. The predicted molar refractivity (Wildman–Crippen MR) is 154 cm³/mol. The molecule has 0 aliphatic heterocycles. The number of amides is 2. The number of thiocarbonyl (C=S) groups is 1. The molecule has 0 bridgehead atoms. The molecule has 0 unspecified atom stereocenters. The molecule has 190 valence electrons. The van der Waals surface area contributed by atoms with Crippen LogP contribution in [0.4, 0.5) is 5.00 Å². The summed E-state index contributed by atoms with van der Waals surface area (Å²) in [5, 5.41) is 6.27. The number of hydrogen-bond acceptors (Lipinski definition) is 5. The van der Waals surface area contributed by atoms with Gasteiger partial charge >= 0.3 is 0 Å². The number of rotatable bonds is 11. The van der Waals surface area contributed by atoms with Gasteiger partial charge in [-0.15, -0.1) is 11.3 Å². The average Bonchev–Trinajstić information content (AvgIpc) is 3.14. The number of nitrogens with two attached hydrogens (primary N) is 1.